The topological polar surface area (TPSA) is 19.6 Å². The van der Waals surface area contributed by atoms with Crippen LogP contribution in [0.3, 0.4) is 0 Å². The van der Waals surface area contributed by atoms with Crippen LogP contribution in [0.2, 0.25) is 0 Å². The van der Waals surface area contributed by atoms with Crippen LogP contribution in [-0.4, -0.2) is 6.04 Å². The standard InChI is InChI=1S/C63H46N2O/c1-62-51(29-16-32-58(62)65(43-19-7-4-8-20-43)55-30-12-11-28-53(55)62)42-35-38-56-54(39-42)63(2)52-27-10-9-21-47(52)48-24-15-31-57(59(48)63)64(56)44-36-33-41(34-37-44)46-23-14-26-50-49-25-13-22-45(60(49)66-61(46)50)40-17-5-3-6-18-40/h3,5-7,9-39,58H,4,8H2,1-2H3. The first kappa shape index (κ1) is 37.5. The summed E-state index contributed by atoms with van der Waals surface area (Å²) in [6.45, 7) is 4.94. The van der Waals surface area contributed by atoms with E-state index in [2.05, 4.69) is 236 Å². The highest BCUT2D eigenvalue weighted by Crippen LogP contribution is 2.63. The van der Waals surface area contributed by atoms with Gasteiger partial charge in [0.1, 0.15) is 11.2 Å². The fourth-order valence-electron chi connectivity index (χ4n) is 12.6. The van der Waals surface area contributed by atoms with Gasteiger partial charge in [-0.25, -0.2) is 0 Å². The molecule has 66 heavy (non-hydrogen) atoms. The van der Waals surface area contributed by atoms with Gasteiger partial charge in [-0.2, -0.15) is 0 Å². The van der Waals surface area contributed by atoms with Crippen LogP contribution in [0.5, 0.6) is 0 Å². The zero-order chi connectivity index (χ0) is 43.7. The quantitative estimate of drug-likeness (QED) is 0.172. The molecular weight excluding hydrogens is 801 g/mol. The second-order valence-electron chi connectivity index (χ2n) is 18.9. The van der Waals surface area contributed by atoms with Crippen molar-refractivity contribution in [1.29, 1.82) is 0 Å². The number of benzene rings is 8. The Morgan fingerprint density at radius 2 is 1.18 bits per heavy atom. The zero-order valence-corrected chi connectivity index (χ0v) is 37.0. The molecule has 14 rings (SSSR count). The summed E-state index contributed by atoms with van der Waals surface area (Å²) >= 11 is 0. The van der Waals surface area contributed by atoms with Gasteiger partial charge in [0.15, 0.2) is 0 Å². The van der Waals surface area contributed by atoms with Crippen molar-refractivity contribution in [3.8, 4) is 33.4 Å². The second-order valence-corrected chi connectivity index (χ2v) is 18.9. The largest absolute Gasteiger partial charge is 0.455 e. The first-order valence-corrected chi connectivity index (χ1v) is 23.4. The Balaban J connectivity index is 0.917. The molecule has 9 aromatic rings. The third-order valence-corrected chi connectivity index (χ3v) is 15.6. The van der Waals surface area contributed by atoms with E-state index in [9.17, 15) is 0 Å². The number of fused-ring (bicyclic) bond motifs is 11. The highest BCUT2D eigenvalue weighted by molar-refractivity contribution is 6.13. The van der Waals surface area contributed by atoms with Gasteiger partial charge in [-0.1, -0.05) is 170 Å². The Bertz CT molecular complexity index is 3640. The number of hydrogen-bond acceptors (Lipinski definition) is 3. The number of rotatable bonds is 5. The number of furan rings is 1. The molecule has 0 saturated heterocycles. The summed E-state index contributed by atoms with van der Waals surface area (Å²) in [5.41, 5.74) is 22.6. The van der Waals surface area contributed by atoms with Gasteiger partial charge in [-0.15, -0.1) is 0 Å². The normalized spacial score (nSPS) is 20.7. The molecular formula is C63H46N2O. The van der Waals surface area contributed by atoms with Crippen molar-refractivity contribution in [2.45, 2.75) is 43.6 Å². The maximum absolute atomic E-state index is 6.86. The molecule has 0 N–H and O–H groups in total. The van der Waals surface area contributed by atoms with E-state index >= 15 is 0 Å². The lowest BCUT2D eigenvalue weighted by atomic mass is 9.66. The molecule has 3 atom stereocenters. The molecule has 1 aromatic heterocycles. The van der Waals surface area contributed by atoms with Crippen molar-refractivity contribution in [2.75, 3.05) is 9.80 Å². The molecule has 2 aliphatic heterocycles. The van der Waals surface area contributed by atoms with Crippen LogP contribution < -0.4 is 9.80 Å². The minimum absolute atomic E-state index is 0.154. The van der Waals surface area contributed by atoms with Crippen LogP contribution in [0.4, 0.5) is 22.7 Å². The molecule has 314 valence electrons. The summed E-state index contributed by atoms with van der Waals surface area (Å²) in [4.78, 5) is 5.10. The molecule has 0 spiro atoms. The van der Waals surface area contributed by atoms with Gasteiger partial charge < -0.3 is 14.2 Å². The molecule has 3 heterocycles. The van der Waals surface area contributed by atoms with E-state index in [0.717, 1.165) is 62.7 Å². The van der Waals surface area contributed by atoms with Crippen molar-refractivity contribution in [2.24, 2.45) is 0 Å². The molecule has 3 aliphatic carbocycles. The summed E-state index contributed by atoms with van der Waals surface area (Å²) < 4.78 is 6.86. The lowest BCUT2D eigenvalue weighted by molar-refractivity contribution is 0.560. The molecule has 0 radical (unpaired) electrons. The Kier molecular flexibility index (Phi) is 7.85. The average molecular weight is 847 g/mol. The van der Waals surface area contributed by atoms with Gasteiger partial charge in [0.2, 0.25) is 0 Å². The summed E-state index contributed by atoms with van der Waals surface area (Å²) in [7, 11) is 0. The van der Waals surface area contributed by atoms with Crippen molar-refractivity contribution < 1.29 is 4.42 Å². The van der Waals surface area contributed by atoms with Crippen LogP contribution in [-0.2, 0) is 10.8 Å². The minimum Gasteiger partial charge on any atom is -0.455 e. The van der Waals surface area contributed by atoms with Gasteiger partial charge in [0.25, 0.3) is 0 Å². The highest BCUT2D eigenvalue weighted by atomic mass is 16.3. The number of nitrogens with zero attached hydrogens (tertiary/aromatic N) is 2. The van der Waals surface area contributed by atoms with Crippen molar-refractivity contribution >= 4 is 50.3 Å². The Labute approximate surface area is 385 Å². The Hall–Kier alpha value is -7.88. The predicted octanol–water partition coefficient (Wildman–Crippen LogP) is 16.4. The van der Waals surface area contributed by atoms with Crippen LogP contribution in [0.25, 0.3) is 60.9 Å². The molecule has 0 saturated carbocycles. The molecule has 3 unspecified atom stereocenters. The number of hydrogen-bond donors (Lipinski definition) is 0. The smallest absolute Gasteiger partial charge is 0.143 e. The molecule has 0 bridgehead atoms. The van der Waals surface area contributed by atoms with E-state index < -0.39 is 0 Å². The Morgan fingerprint density at radius 3 is 1.95 bits per heavy atom. The third kappa shape index (κ3) is 4.98. The Morgan fingerprint density at radius 1 is 0.530 bits per heavy atom. The van der Waals surface area contributed by atoms with Gasteiger partial charge in [0, 0.05) is 49.8 Å². The fraction of sp³-hybridized carbons (Fsp3) is 0.111. The zero-order valence-electron chi connectivity index (χ0n) is 37.0. The number of allylic oxidation sites excluding steroid dienone is 5. The number of para-hydroxylation sites is 3. The fourth-order valence-corrected chi connectivity index (χ4v) is 12.6. The highest BCUT2D eigenvalue weighted by Gasteiger charge is 2.52. The summed E-state index contributed by atoms with van der Waals surface area (Å²) in [5.74, 6) is 0. The summed E-state index contributed by atoms with van der Waals surface area (Å²) in [5, 5.41) is 2.26. The van der Waals surface area contributed by atoms with Crippen molar-refractivity contribution in [3.05, 3.63) is 246 Å². The van der Waals surface area contributed by atoms with Gasteiger partial charge in [-0.3, -0.25) is 0 Å². The van der Waals surface area contributed by atoms with Gasteiger partial charge in [-0.05, 0) is 125 Å². The third-order valence-electron chi connectivity index (χ3n) is 15.6. The van der Waals surface area contributed by atoms with E-state index in [1.165, 1.54) is 67.3 Å². The van der Waals surface area contributed by atoms with Crippen LogP contribution in [0.1, 0.15) is 54.5 Å². The van der Waals surface area contributed by atoms with Gasteiger partial charge >= 0.3 is 0 Å². The lowest BCUT2D eigenvalue weighted by Gasteiger charge is -2.43. The van der Waals surface area contributed by atoms with E-state index in [-0.39, 0.29) is 16.9 Å². The molecule has 0 fully saturated rings. The van der Waals surface area contributed by atoms with Crippen LogP contribution >= 0.6 is 0 Å². The van der Waals surface area contributed by atoms with E-state index in [1.807, 2.05) is 0 Å². The summed E-state index contributed by atoms with van der Waals surface area (Å²) in [6.07, 6.45) is 16.3. The predicted molar refractivity (Wildman–Crippen MR) is 274 cm³/mol. The molecule has 5 aliphatic rings. The lowest BCUT2D eigenvalue weighted by Crippen LogP contribution is -2.43. The van der Waals surface area contributed by atoms with Crippen molar-refractivity contribution in [3.63, 3.8) is 0 Å². The van der Waals surface area contributed by atoms with Crippen molar-refractivity contribution in [1.82, 2.24) is 0 Å². The monoisotopic (exact) mass is 846 g/mol. The van der Waals surface area contributed by atoms with E-state index in [0.29, 0.717) is 0 Å². The van der Waals surface area contributed by atoms with Crippen LogP contribution in [0.15, 0.2) is 222 Å². The van der Waals surface area contributed by atoms with E-state index in [4.69, 9.17) is 4.42 Å². The maximum Gasteiger partial charge on any atom is 0.143 e. The maximum atomic E-state index is 6.86. The number of anilines is 4. The molecule has 8 aromatic carbocycles. The van der Waals surface area contributed by atoms with E-state index in [1.54, 1.807) is 0 Å². The minimum atomic E-state index is -0.359. The first-order chi connectivity index (χ1) is 32.5. The van der Waals surface area contributed by atoms with Gasteiger partial charge in [0.05, 0.1) is 17.4 Å². The molecule has 0 amide bonds. The SMILES string of the molecule is CC12c3ccccc3-c3cccc(c31)N(c1ccc(-c3cccc4c3oc3c(-c5ccccc5)cccc34)cc1)c1ccc(C3=CC=CC4N(C5=CCCC=C5)c5ccccc5C34C)cc12. The molecule has 3 nitrogen and oxygen atoms in total. The first-order valence-electron chi connectivity index (χ1n) is 23.4. The second kappa shape index (κ2) is 13.8. The average Bonchev–Trinajstić information content (AvgIpc) is 3.99. The molecule has 3 heteroatoms. The van der Waals surface area contributed by atoms with Crippen LogP contribution in [0, 0.1) is 0 Å². The summed E-state index contributed by atoms with van der Waals surface area (Å²) in [6, 6.07) is 65.3.